The predicted octanol–water partition coefficient (Wildman–Crippen LogP) is 2.98. The van der Waals surface area contributed by atoms with Crippen molar-refractivity contribution in [1.29, 1.82) is 0 Å². The summed E-state index contributed by atoms with van der Waals surface area (Å²) in [5, 5.41) is 6.70. The molecule has 0 atom stereocenters. The minimum Gasteiger partial charge on any atom is -0.497 e. The standard InChI is InChI=1S/C18H17N3O3/c1-12-4-3-5-14(10-12)17-20-16(24-21-17)11-19-18(22)13-6-8-15(23-2)9-7-13/h3-10H,11H2,1-2H3,(H,19,22). The van der Waals surface area contributed by atoms with E-state index in [9.17, 15) is 4.79 Å². The first kappa shape index (κ1) is 15.7. The Morgan fingerprint density at radius 3 is 2.71 bits per heavy atom. The molecule has 24 heavy (non-hydrogen) atoms. The van der Waals surface area contributed by atoms with Crippen LogP contribution in [0.5, 0.6) is 5.75 Å². The third kappa shape index (κ3) is 3.60. The smallest absolute Gasteiger partial charge is 0.251 e. The summed E-state index contributed by atoms with van der Waals surface area (Å²) in [6.07, 6.45) is 0. The van der Waals surface area contributed by atoms with Gasteiger partial charge in [0.25, 0.3) is 5.91 Å². The van der Waals surface area contributed by atoms with E-state index < -0.39 is 0 Å². The van der Waals surface area contributed by atoms with Crippen molar-refractivity contribution in [2.24, 2.45) is 0 Å². The van der Waals surface area contributed by atoms with Gasteiger partial charge in [0.1, 0.15) is 5.75 Å². The number of aryl methyl sites for hydroxylation is 1. The van der Waals surface area contributed by atoms with Crippen molar-refractivity contribution in [2.45, 2.75) is 13.5 Å². The average molecular weight is 323 g/mol. The first-order valence-electron chi connectivity index (χ1n) is 7.47. The van der Waals surface area contributed by atoms with Crippen molar-refractivity contribution in [2.75, 3.05) is 7.11 Å². The van der Waals surface area contributed by atoms with Gasteiger partial charge in [-0.05, 0) is 37.3 Å². The van der Waals surface area contributed by atoms with Crippen molar-refractivity contribution < 1.29 is 14.1 Å². The van der Waals surface area contributed by atoms with Gasteiger partial charge < -0.3 is 14.6 Å². The lowest BCUT2D eigenvalue weighted by Crippen LogP contribution is -2.22. The number of ether oxygens (including phenoxy) is 1. The molecule has 6 nitrogen and oxygen atoms in total. The summed E-state index contributed by atoms with van der Waals surface area (Å²) < 4.78 is 10.3. The lowest BCUT2D eigenvalue weighted by molar-refractivity contribution is 0.0946. The zero-order chi connectivity index (χ0) is 16.9. The van der Waals surface area contributed by atoms with Crippen LogP contribution >= 0.6 is 0 Å². The van der Waals surface area contributed by atoms with Crippen LogP contribution in [0.1, 0.15) is 21.8 Å². The average Bonchev–Trinajstić information content (AvgIpc) is 3.09. The number of hydrogen-bond donors (Lipinski definition) is 1. The van der Waals surface area contributed by atoms with Gasteiger partial charge in [0.15, 0.2) is 0 Å². The van der Waals surface area contributed by atoms with Crippen LogP contribution < -0.4 is 10.1 Å². The third-order valence-corrected chi connectivity index (χ3v) is 3.50. The number of carbonyl (C=O) groups excluding carboxylic acids is 1. The maximum atomic E-state index is 12.1. The molecule has 1 heterocycles. The number of nitrogens with zero attached hydrogens (tertiary/aromatic N) is 2. The second-order valence-electron chi connectivity index (χ2n) is 5.29. The van der Waals surface area contributed by atoms with Gasteiger partial charge in [-0.15, -0.1) is 0 Å². The molecule has 6 heteroatoms. The van der Waals surface area contributed by atoms with Crippen LogP contribution in [0.2, 0.25) is 0 Å². The molecular formula is C18H17N3O3. The molecule has 0 aliphatic carbocycles. The highest BCUT2D eigenvalue weighted by Gasteiger charge is 2.11. The molecule has 1 amide bonds. The van der Waals surface area contributed by atoms with Crippen molar-refractivity contribution in [3.05, 3.63) is 65.5 Å². The Bertz CT molecular complexity index is 841. The van der Waals surface area contributed by atoms with Gasteiger partial charge in [-0.3, -0.25) is 4.79 Å². The normalized spacial score (nSPS) is 10.4. The van der Waals surface area contributed by atoms with Crippen molar-refractivity contribution >= 4 is 5.91 Å². The fourth-order valence-corrected chi connectivity index (χ4v) is 2.23. The summed E-state index contributed by atoms with van der Waals surface area (Å²) in [5.41, 5.74) is 2.53. The van der Waals surface area contributed by atoms with Gasteiger partial charge >= 0.3 is 0 Å². The summed E-state index contributed by atoms with van der Waals surface area (Å²) in [6.45, 7) is 2.17. The Kier molecular flexibility index (Phi) is 4.56. The van der Waals surface area contributed by atoms with E-state index in [1.54, 1.807) is 31.4 Å². The highest BCUT2D eigenvalue weighted by molar-refractivity contribution is 5.94. The number of rotatable bonds is 5. The van der Waals surface area contributed by atoms with E-state index >= 15 is 0 Å². The summed E-state index contributed by atoms with van der Waals surface area (Å²) >= 11 is 0. The van der Waals surface area contributed by atoms with Crippen LogP contribution in [0, 0.1) is 6.92 Å². The van der Waals surface area contributed by atoms with Crippen LogP contribution in [0.15, 0.2) is 53.1 Å². The molecule has 2 aromatic carbocycles. The number of benzene rings is 2. The minimum atomic E-state index is -0.215. The maximum absolute atomic E-state index is 12.1. The summed E-state index contributed by atoms with van der Waals surface area (Å²) in [5.74, 6) is 1.35. The molecule has 0 saturated carbocycles. The Labute approximate surface area is 139 Å². The second kappa shape index (κ2) is 6.95. The van der Waals surface area contributed by atoms with Gasteiger partial charge in [-0.2, -0.15) is 4.98 Å². The van der Waals surface area contributed by atoms with Crippen LogP contribution in [0.4, 0.5) is 0 Å². The molecular weight excluding hydrogens is 306 g/mol. The molecule has 0 aliphatic rings. The van der Waals surface area contributed by atoms with Gasteiger partial charge in [0.2, 0.25) is 11.7 Å². The van der Waals surface area contributed by atoms with E-state index in [1.165, 1.54) is 0 Å². The molecule has 0 fully saturated rings. The highest BCUT2D eigenvalue weighted by Crippen LogP contribution is 2.17. The fraction of sp³-hybridized carbons (Fsp3) is 0.167. The molecule has 0 spiro atoms. The third-order valence-electron chi connectivity index (χ3n) is 3.50. The zero-order valence-electron chi connectivity index (χ0n) is 13.4. The SMILES string of the molecule is COc1ccc(C(=O)NCc2nc(-c3cccc(C)c3)no2)cc1. The van der Waals surface area contributed by atoms with E-state index in [1.807, 2.05) is 31.2 Å². The first-order chi connectivity index (χ1) is 11.7. The monoisotopic (exact) mass is 323 g/mol. The van der Waals surface area contributed by atoms with Crippen molar-refractivity contribution in [1.82, 2.24) is 15.5 Å². The Balaban J connectivity index is 1.63. The molecule has 0 aliphatic heterocycles. The van der Waals surface area contributed by atoms with Crippen LogP contribution in [-0.4, -0.2) is 23.2 Å². The Morgan fingerprint density at radius 1 is 1.21 bits per heavy atom. The molecule has 0 radical (unpaired) electrons. The minimum absolute atomic E-state index is 0.170. The number of nitrogens with one attached hydrogen (secondary N) is 1. The molecule has 1 aromatic heterocycles. The summed E-state index contributed by atoms with van der Waals surface area (Å²) in [6, 6.07) is 14.7. The molecule has 0 saturated heterocycles. The van der Waals surface area contributed by atoms with Gasteiger partial charge in [0, 0.05) is 11.1 Å². The number of amides is 1. The van der Waals surface area contributed by atoms with Crippen LogP contribution in [0.3, 0.4) is 0 Å². The molecule has 3 aromatic rings. The Hall–Kier alpha value is -3.15. The highest BCUT2D eigenvalue weighted by atomic mass is 16.5. The van der Waals surface area contributed by atoms with Gasteiger partial charge in [-0.1, -0.05) is 28.9 Å². The number of aromatic nitrogens is 2. The van der Waals surface area contributed by atoms with E-state index in [0.29, 0.717) is 23.0 Å². The van der Waals surface area contributed by atoms with Crippen LogP contribution in [0.25, 0.3) is 11.4 Å². The zero-order valence-corrected chi connectivity index (χ0v) is 13.4. The second-order valence-corrected chi connectivity index (χ2v) is 5.29. The predicted molar refractivity (Wildman–Crippen MR) is 88.6 cm³/mol. The van der Waals surface area contributed by atoms with E-state index in [2.05, 4.69) is 15.5 Å². The van der Waals surface area contributed by atoms with Crippen molar-refractivity contribution in [3.8, 4) is 17.1 Å². The maximum Gasteiger partial charge on any atom is 0.251 e. The van der Waals surface area contributed by atoms with E-state index in [-0.39, 0.29) is 12.5 Å². The van der Waals surface area contributed by atoms with Crippen molar-refractivity contribution in [3.63, 3.8) is 0 Å². The molecule has 0 unspecified atom stereocenters. The quantitative estimate of drug-likeness (QED) is 0.781. The number of methoxy groups -OCH3 is 1. The van der Waals surface area contributed by atoms with Gasteiger partial charge in [0.05, 0.1) is 13.7 Å². The fourth-order valence-electron chi connectivity index (χ4n) is 2.23. The first-order valence-corrected chi connectivity index (χ1v) is 7.47. The lowest BCUT2D eigenvalue weighted by Gasteiger charge is -2.03. The van der Waals surface area contributed by atoms with E-state index in [0.717, 1.165) is 11.1 Å². The topological polar surface area (TPSA) is 77.2 Å². The number of hydrogen-bond acceptors (Lipinski definition) is 5. The van der Waals surface area contributed by atoms with Crippen LogP contribution in [-0.2, 0) is 6.54 Å². The summed E-state index contributed by atoms with van der Waals surface area (Å²) in [7, 11) is 1.58. The Morgan fingerprint density at radius 2 is 2.00 bits per heavy atom. The largest absolute Gasteiger partial charge is 0.497 e. The molecule has 1 N–H and O–H groups in total. The molecule has 0 bridgehead atoms. The van der Waals surface area contributed by atoms with E-state index in [4.69, 9.17) is 9.26 Å². The lowest BCUT2D eigenvalue weighted by atomic mass is 10.1. The summed E-state index contributed by atoms with van der Waals surface area (Å²) in [4.78, 5) is 16.4. The molecule has 3 rings (SSSR count). The number of carbonyl (C=O) groups is 1. The molecule has 122 valence electrons. The van der Waals surface area contributed by atoms with Gasteiger partial charge in [-0.25, -0.2) is 0 Å².